The summed E-state index contributed by atoms with van der Waals surface area (Å²) in [5.41, 5.74) is 1.83. The number of aromatic nitrogens is 1. The van der Waals surface area contributed by atoms with Gasteiger partial charge in [0.2, 0.25) is 0 Å². The summed E-state index contributed by atoms with van der Waals surface area (Å²) in [6.07, 6.45) is 2.26. The molecule has 1 aliphatic heterocycles. The summed E-state index contributed by atoms with van der Waals surface area (Å²) in [5.74, 6) is 1.20. The molecule has 4 heteroatoms. The quantitative estimate of drug-likeness (QED) is 0.778. The normalized spacial score (nSPS) is 16.7. The standard InChI is InChI=1S/C15H23N3O/c1-4-14(19)13-10-12(3)15(16-11-13)18-8-6-17(5-2)7-9-18/h10-11H,4-9H2,1-3H3. The molecule has 0 amide bonds. The monoisotopic (exact) mass is 261 g/mol. The second-order valence-corrected chi connectivity index (χ2v) is 5.06. The average molecular weight is 261 g/mol. The van der Waals surface area contributed by atoms with Crippen molar-refractivity contribution in [3.63, 3.8) is 0 Å². The van der Waals surface area contributed by atoms with Crippen molar-refractivity contribution >= 4 is 11.6 Å². The van der Waals surface area contributed by atoms with Gasteiger partial charge in [0.25, 0.3) is 0 Å². The van der Waals surface area contributed by atoms with E-state index in [-0.39, 0.29) is 5.78 Å². The van der Waals surface area contributed by atoms with Crippen LogP contribution in [-0.2, 0) is 0 Å². The fraction of sp³-hybridized carbons (Fsp3) is 0.600. The number of hydrogen-bond acceptors (Lipinski definition) is 4. The van der Waals surface area contributed by atoms with Gasteiger partial charge in [-0.25, -0.2) is 4.98 Å². The summed E-state index contributed by atoms with van der Waals surface area (Å²) in [6.45, 7) is 11.5. The van der Waals surface area contributed by atoms with E-state index in [2.05, 4.69) is 21.7 Å². The van der Waals surface area contributed by atoms with Crippen LogP contribution in [0.1, 0.15) is 36.2 Å². The van der Waals surface area contributed by atoms with Crippen LogP contribution in [0.25, 0.3) is 0 Å². The van der Waals surface area contributed by atoms with Crippen molar-refractivity contribution < 1.29 is 4.79 Å². The van der Waals surface area contributed by atoms with Crippen molar-refractivity contribution in [3.8, 4) is 0 Å². The van der Waals surface area contributed by atoms with E-state index in [1.165, 1.54) is 0 Å². The number of anilines is 1. The third kappa shape index (κ3) is 3.13. The molecular weight excluding hydrogens is 238 g/mol. The van der Waals surface area contributed by atoms with Crippen LogP contribution >= 0.6 is 0 Å². The number of Topliss-reactive ketones (excluding diaryl/α,β-unsaturated/α-hetero) is 1. The largest absolute Gasteiger partial charge is 0.354 e. The minimum atomic E-state index is 0.165. The van der Waals surface area contributed by atoms with Crippen molar-refractivity contribution in [2.24, 2.45) is 0 Å². The first kappa shape index (κ1) is 14.0. The van der Waals surface area contributed by atoms with Gasteiger partial charge in [-0.2, -0.15) is 0 Å². The van der Waals surface area contributed by atoms with E-state index in [1.807, 2.05) is 19.9 Å². The second-order valence-electron chi connectivity index (χ2n) is 5.06. The van der Waals surface area contributed by atoms with Crippen LogP contribution in [0.5, 0.6) is 0 Å². The van der Waals surface area contributed by atoms with E-state index in [0.717, 1.165) is 49.7 Å². The molecule has 2 heterocycles. The number of piperazine rings is 1. The van der Waals surface area contributed by atoms with Gasteiger partial charge in [0, 0.05) is 44.4 Å². The Bertz CT molecular complexity index is 451. The molecule has 19 heavy (non-hydrogen) atoms. The lowest BCUT2D eigenvalue weighted by Crippen LogP contribution is -2.46. The Balaban J connectivity index is 2.11. The van der Waals surface area contributed by atoms with Crippen molar-refractivity contribution in [2.75, 3.05) is 37.6 Å². The zero-order chi connectivity index (χ0) is 13.8. The molecule has 0 unspecified atom stereocenters. The molecule has 1 aromatic rings. The highest BCUT2D eigenvalue weighted by Gasteiger charge is 2.18. The van der Waals surface area contributed by atoms with Crippen LogP contribution in [0.2, 0.25) is 0 Å². The van der Waals surface area contributed by atoms with Gasteiger partial charge >= 0.3 is 0 Å². The Kier molecular flexibility index (Phi) is 4.53. The number of ketones is 1. The number of carbonyl (C=O) groups excluding carboxylic acids is 1. The second kappa shape index (κ2) is 6.15. The molecule has 2 rings (SSSR count). The summed E-state index contributed by atoms with van der Waals surface area (Å²) in [7, 11) is 0. The smallest absolute Gasteiger partial charge is 0.164 e. The molecule has 104 valence electrons. The first-order valence-corrected chi connectivity index (χ1v) is 7.12. The van der Waals surface area contributed by atoms with E-state index in [0.29, 0.717) is 6.42 Å². The number of carbonyl (C=O) groups is 1. The van der Waals surface area contributed by atoms with Gasteiger partial charge in [-0.1, -0.05) is 13.8 Å². The van der Waals surface area contributed by atoms with Crippen molar-refractivity contribution in [3.05, 3.63) is 23.4 Å². The van der Waals surface area contributed by atoms with Gasteiger partial charge in [0.1, 0.15) is 5.82 Å². The third-order valence-electron chi connectivity index (χ3n) is 3.81. The molecule has 0 saturated carbocycles. The highest BCUT2D eigenvalue weighted by atomic mass is 16.1. The molecule has 0 aliphatic carbocycles. The van der Waals surface area contributed by atoms with Crippen LogP contribution < -0.4 is 4.90 Å². The molecule has 4 nitrogen and oxygen atoms in total. The van der Waals surface area contributed by atoms with E-state index >= 15 is 0 Å². The van der Waals surface area contributed by atoms with Gasteiger partial charge < -0.3 is 9.80 Å². The number of hydrogen-bond donors (Lipinski definition) is 0. The molecule has 0 atom stereocenters. The van der Waals surface area contributed by atoms with Crippen LogP contribution in [0.15, 0.2) is 12.3 Å². The number of pyridine rings is 1. The predicted octanol–water partition coefficient (Wildman–Crippen LogP) is 2.12. The first-order valence-electron chi connectivity index (χ1n) is 7.12. The van der Waals surface area contributed by atoms with Crippen LogP contribution in [0, 0.1) is 6.92 Å². The summed E-state index contributed by atoms with van der Waals surface area (Å²) in [4.78, 5) is 20.9. The maximum absolute atomic E-state index is 11.7. The van der Waals surface area contributed by atoms with Gasteiger partial charge in [-0.3, -0.25) is 4.79 Å². The minimum Gasteiger partial charge on any atom is -0.354 e. The molecule has 1 aliphatic rings. The Morgan fingerprint density at radius 3 is 2.47 bits per heavy atom. The molecule has 0 spiro atoms. The van der Waals surface area contributed by atoms with Crippen molar-refractivity contribution in [2.45, 2.75) is 27.2 Å². The van der Waals surface area contributed by atoms with Gasteiger partial charge in [-0.05, 0) is 25.1 Å². The van der Waals surface area contributed by atoms with Crippen molar-refractivity contribution in [1.29, 1.82) is 0 Å². The van der Waals surface area contributed by atoms with Gasteiger partial charge in [0.15, 0.2) is 5.78 Å². The highest BCUT2D eigenvalue weighted by molar-refractivity contribution is 5.96. The lowest BCUT2D eigenvalue weighted by molar-refractivity contribution is 0.0987. The zero-order valence-corrected chi connectivity index (χ0v) is 12.1. The average Bonchev–Trinajstić information content (AvgIpc) is 2.46. The number of rotatable bonds is 4. The highest BCUT2D eigenvalue weighted by Crippen LogP contribution is 2.20. The van der Waals surface area contributed by atoms with Crippen LogP contribution in [-0.4, -0.2) is 48.4 Å². The van der Waals surface area contributed by atoms with Crippen LogP contribution in [0.4, 0.5) is 5.82 Å². The van der Waals surface area contributed by atoms with E-state index in [1.54, 1.807) is 6.20 Å². The van der Waals surface area contributed by atoms with Crippen molar-refractivity contribution in [1.82, 2.24) is 9.88 Å². The number of likely N-dealkylation sites (N-methyl/N-ethyl adjacent to an activating group) is 1. The van der Waals surface area contributed by atoms with Gasteiger partial charge in [0.05, 0.1) is 0 Å². The molecule has 1 aromatic heterocycles. The lowest BCUT2D eigenvalue weighted by atomic mass is 10.1. The topological polar surface area (TPSA) is 36.4 Å². The minimum absolute atomic E-state index is 0.165. The SMILES string of the molecule is CCC(=O)c1cnc(N2CCN(CC)CC2)c(C)c1. The fourth-order valence-corrected chi connectivity index (χ4v) is 2.53. The van der Waals surface area contributed by atoms with Gasteiger partial charge in [-0.15, -0.1) is 0 Å². The Morgan fingerprint density at radius 2 is 1.95 bits per heavy atom. The van der Waals surface area contributed by atoms with E-state index < -0.39 is 0 Å². The Hall–Kier alpha value is -1.42. The molecule has 0 bridgehead atoms. The Morgan fingerprint density at radius 1 is 1.26 bits per heavy atom. The van der Waals surface area contributed by atoms with Crippen LogP contribution in [0.3, 0.4) is 0 Å². The third-order valence-corrected chi connectivity index (χ3v) is 3.81. The summed E-state index contributed by atoms with van der Waals surface area (Å²) in [6, 6.07) is 1.97. The van der Waals surface area contributed by atoms with E-state index in [4.69, 9.17) is 0 Å². The molecule has 0 aromatic carbocycles. The summed E-state index contributed by atoms with van der Waals surface area (Å²) >= 11 is 0. The fourth-order valence-electron chi connectivity index (χ4n) is 2.53. The maximum atomic E-state index is 11.7. The molecule has 0 N–H and O–H groups in total. The molecule has 0 radical (unpaired) electrons. The maximum Gasteiger partial charge on any atom is 0.164 e. The zero-order valence-electron chi connectivity index (χ0n) is 12.1. The summed E-state index contributed by atoms with van der Waals surface area (Å²) in [5, 5.41) is 0. The molecule has 1 fully saturated rings. The number of aryl methyl sites for hydroxylation is 1. The first-order chi connectivity index (χ1) is 9.15. The molecular formula is C15H23N3O. The van der Waals surface area contributed by atoms with E-state index in [9.17, 15) is 4.79 Å². The molecule has 1 saturated heterocycles. The predicted molar refractivity (Wildman–Crippen MR) is 77.9 cm³/mol. The summed E-state index contributed by atoms with van der Waals surface area (Å²) < 4.78 is 0. The number of nitrogens with zero attached hydrogens (tertiary/aromatic N) is 3. The Labute approximate surface area is 115 Å². The lowest BCUT2D eigenvalue weighted by Gasteiger charge is -2.35.